The van der Waals surface area contributed by atoms with Crippen molar-refractivity contribution in [2.75, 3.05) is 19.6 Å². The highest BCUT2D eigenvalue weighted by atomic mass is 15.2. The third-order valence-electron chi connectivity index (χ3n) is 3.47. The minimum atomic E-state index is 0.181. The Hall–Kier alpha value is -0.930. The van der Waals surface area contributed by atoms with Gasteiger partial charge in [-0.05, 0) is 37.0 Å². The number of pyridine rings is 1. The van der Waals surface area contributed by atoms with Crippen LogP contribution >= 0.6 is 0 Å². The van der Waals surface area contributed by atoms with Crippen LogP contribution in [-0.4, -0.2) is 35.1 Å². The van der Waals surface area contributed by atoms with Gasteiger partial charge in [0, 0.05) is 44.1 Å². The Morgan fingerprint density at radius 3 is 2.50 bits per heavy atom. The summed E-state index contributed by atoms with van der Waals surface area (Å²) in [5.74, 6) is 0. The Morgan fingerprint density at radius 1 is 1.17 bits per heavy atom. The quantitative estimate of drug-likeness (QED) is 0.869. The van der Waals surface area contributed by atoms with Crippen molar-refractivity contribution in [1.29, 1.82) is 0 Å². The van der Waals surface area contributed by atoms with Gasteiger partial charge in [-0.15, -0.1) is 0 Å². The van der Waals surface area contributed by atoms with E-state index in [1.807, 2.05) is 12.4 Å². The molecule has 0 aliphatic carbocycles. The van der Waals surface area contributed by atoms with Crippen LogP contribution in [0.25, 0.3) is 0 Å². The minimum absolute atomic E-state index is 0.181. The van der Waals surface area contributed by atoms with E-state index in [0.29, 0.717) is 5.41 Å². The number of aromatic nitrogens is 1. The molecule has 1 aromatic heterocycles. The molecule has 3 nitrogen and oxygen atoms in total. The largest absolute Gasteiger partial charge is 0.310 e. The molecule has 1 fully saturated rings. The smallest absolute Gasteiger partial charge is 0.0271 e. The first-order chi connectivity index (χ1) is 8.36. The summed E-state index contributed by atoms with van der Waals surface area (Å²) >= 11 is 0. The maximum absolute atomic E-state index is 4.08. The first-order valence-corrected chi connectivity index (χ1v) is 6.73. The van der Waals surface area contributed by atoms with Crippen LogP contribution in [0.15, 0.2) is 24.5 Å². The van der Waals surface area contributed by atoms with Crippen molar-refractivity contribution in [2.24, 2.45) is 5.41 Å². The predicted molar refractivity (Wildman–Crippen MR) is 75.4 cm³/mol. The van der Waals surface area contributed by atoms with E-state index in [0.717, 1.165) is 26.2 Å². The van der Waals surface area contributed by atoms with Gasteiger partial charge in [-0.3, -0.25) is 9.88 Å². The molecule has 0 saturated carbocycles. The van der Waals surface area contributed by atoms with Gasteiger partial charge >= 0.3 is 0 Å². The minimum Gasteiger partial charge on any atom is -0.310 e. The summed E-state index contributed by atoms with van der Waals surface area (Å²) in [7, 11) is 0. The second-order valence-electron chi connectivity index (χ2n) is 6.90. The SMILES string of the molecule is CC1(C)CNC(C)(C)CN(Cc2ccncc2)C1. The number of nitrogens with zero attached hydrogens (tertiary/aromatic N) is 2. The second-order valence-corrected chi connectivity index (χ2v) is 6.90. The Kier molecular flexibility index (Phi) is 3.74. The molecule has 0 atom stereocenters. The molecule has 0 bridgehead atoms. The van der Waals surface area contributed by atoms with Crippen LogP contribution in [0.3, 0.4) is 0 Å². The molecule has 0 unspecified atom stereocenters. The Morgan fingerprint density at radius 2 is 1.83 bits per heavy atom. The van der Waals surface area contributed by atoms with Gasteiger partial charge in [0.25, 0.3) is 0 Å². The van der Waals surface area contributed by atoms with Crippen molar-refractivity contribution >= 4 is 0 Å². The maximum atomic E-state index is 4.08. The van der Waals surface area contributed by atoms with Gasteiger partial charge in [0.2, 0.25) is 0 Å². The molecule has 2 heterocycles. The van der Waals surface area contributed by atoms with Crippen LogP contribution in [0.4, 0.5) is 0 Å². The summed E-state index contributed by atoms with van der Waals surface area (Å²) in [6.07, 6.45) is 3.75. The number of hydrogen-bond acceptors (Lipinski definition) is 3. The van der Waals surface area contributed by atoms with E-state index in [9.17, 15) is 0 Å². The summed E-state index contributed by atoms with van der Waals surface area (Å²) in [6, 6.07) is 4.22. The summed E-state index contributed by atoms with van der Waals surface area (Å²) in [5, 5.41) is 3.67. The van der Waals surface area contributed by atoms with E-state index < -0.39 is 0 Å². The van der Waals surface area contributed by atoms with Gasteiger partial charge in [0.1, 0.15) is 0 Å². The standard InChI is InChI=1S/C15H25N3/c1-14(2)10-17-15(3,4)12-18(11-14)9-13-5-7-16-8-6-13/h5-8,17H,9-12H2,1-4H3. The van der Waals surface area contributed by atoms with Crippen LogP contribution in [-0.2, 0) is 6.54 Å². The number of nitrogens with one attached hydrogen (secondary N) is 1. The molecule has 0 spiro atoms. The van der Waals surface area contributed by atoms with E-state index in [4.69, 9.17) is 0 Å². The molecule has 3 heteroatoms. The highest BCUT2D eigenvalue weighted by molar-refractivity contribution is 5.10. The molecule has 18 heavy (non-hydrogen) atoms. The first kappa shape index (κ1) is 13.5. The Bertz CT molecular complexity index is 366. The molecule has 100 valence electrons. The molecule has 1 saturated heterocycles. The van der Waals surface area contributed by atoms with E-state index in [1.54, 1.807) is 0 Å². The third kappa shape index (κ3) is 3.79. The summed E-state index contributed by atoms with van der Waals surface area (Å²) in [4.78, 5) is 6.63. The molecule has 0 aromatic carbocycles. The lowest BCUT2D eigenvalue weighted by Gasteiger charge is -2.30. The van der Waals surface area contributed by atoms with E-state index in [1.165, 1.54) is 5.56 Å². The zero-order chi connectivity index (χ0) is 13.2. The van der Waals surface area contributed by atoms with Crippen molar-refractivity contribution in [3.63, 3.8) is 0 Å². The number of hydrogen-bond donors (Lipinski definition) is 1. The topological polar surface area (TPSA) is 28.2 Å². The second kappa shape index (κ2) is 4.98. The molecule has 1 aliphatic heterocycles. The van der Waals surface area contributed by atoms with Crippen molar-refractivity contribution in [3.05, 3.63) is 30.1 Å². The van der Waals surface area contributed by atoms with Gasteiger partial charge in [-0.2, -0.15) is 0 Å². The fourth-order valence-electron chi connectivity index (χ4n) is 2.67. The lowest BCUT2D eigenvalue weighted by molar-refractivity contribution is 0.183. The molecular formula is C15H25N3. The summed E-state index contributed by atoms with van der Waals surface area (Å²) in [6.45, 7) is 13.5. The van der Waals surface area contributed by atoms with Crippen LogP contribution in [0.2, 0.25) is 0 Å². The van der Waals surface area contributed by atoms with Crippen LogP contribution in [0.5, 0.6) is 0 Å². The van der Waals surface area contributed by atoms with Gasteiger partial charge in [0.15, 0.2) is 0 Å². The highest BCUT2D eigenvalue weighted by Crippen LogP contribution is 2.24. The predicted octanol–water partition coefficient (Wildman–Crippen LogP) is 2.29. The lowest BCUT2D eigenvalue weighted by Crippen LogP contribution is -2.46. The van der Waals surface area contributed by atoms with Crippen molar-refractivity contribution in [1.82, 2.24) is 15.2 Å². The van der Waals surface area contributed by atoms with Gasteiger partial charge < -0.3 is 5.32 Å². The fraction of sp³-hybridized carbons (Fsp3) is 0.667. The molecule has 0 amide bonds. The normalized spacial score (nSPS) is 23.6. The van der Waals surface area contributed by atoms with Crippen molar-refractivity contribution in [2.45, 2.75) is 39.8 Å². The number of rotatable bonds is 2. The van der Waals surface area contributed by atoms with Gasteiger partial charge in [0.05, 0.1) is 0 Å². The van der Waals surface area contributed by atoms with E-state index >= 15 is 0 Å². The molecule has 1 aliphatic rings. The third-order valence-corrected chi connectivity index (χ3v) is 3.47. The van der Waals surface area contributed by atoms with Crippen LogP contribution in [0.1, 0.15) is 33.3 Å². The van der Waals surface area contributed by atoms with E-state index in [2.05, 4.69) is 55.0 Å². The van der Waals surface area contributed by atoms with Gasteiger partial charge in [-0.1, -0.05) is 13.8 Å². The first-order valence-electron chi connectivity index (χ1n) is 6.73. The Labute approximate surface area is 111 Å². The highest BCUT2D eigenvalue weighted by Gasteiger charge is 2.32. The summed E-state index contributed by atoms with van der Waals surface area (Å²) < 4.78 is 0. The van der Waals surface area contributed by atoms with E-state index in [-0.39, 0.29) is 5.54 Å². The Balaban J connectivity index is 2.10. The molecular weight excluding hydrogens is 222 g/mol. The van der Waals surface area contributed by atoms with Crippen molar-refractivity contribution < 1.29 is 0 Å². The molecule has 1 aromatic rings. The zero-order valence-corrected chi connectivity index (χ0v) is 12.0. The monoisotopic (exact) mass is 247 g/mol. The van der Waals surface area contributed by atoms with Gasteiger partial charge in [-0.25, -0.2) is 0 Å². The average molecular weight is 247 g/mol. The maximum Gasteiger partial charge on any atom is 0.0271 e. The zero-order valence-electron chi connectivity index (χ0n) is 12.0. The summed E-state index contributed by atoms with van der Waals surface area (Å²) in [5.41, 5.74) is 1.85. The van der Waals surface area contributed by atoms with Crippen LogP contribution in [0, 0.1) is 5.41 Å². The lowest BCUT2D eigenvalue weighted by atomic mass is 9.93. The molecule has 1 N–H and O–H groups in total. The molecule has 0 radical (unpaired) electrons. The van der Waals surface area contributed by atoms with Crippen molar-refractivity contribution in [3.8, 4) is 0 Å². The average Bonchev–Trinajstić information content (AvgIpc) is 2.36. The molecule has 2 rings (SSSR count). The fourth-order valence-corrected chi connectivity index (χ4v) is 2.67. The van der Waals surface area contributed by atoms with Crippen LogP contribution < -0.4 is 5.32 Å².